The topological polar surface area (TPSA) is 108 Å². The van der Waals surface area contributed by atoms with Crippen LogP contribution < -0.4 is 0 Å². The number of aromatic nitrogens is 1. The summed E-state index contributed by atoms with van der Waals surface area (Å²) >= 11 is 0. The zero-order valence-corrected chi connectivity index (χ0v) is 9.44. The second-order valence-electron chi connectivity index (χ2n) is 3.58. The van der Waals surface area contributed by atoms with Gasteiger partial charge in [-0.2, -0.15) is 0 Å². The third-order valence-corrected chi connectivity index (χ3v) is 2.08. The zero-order chi connectivity index (χ0) is 13.5. The van der Waals surface area contributed by atoms with Crippen LogP contribution in [0.25, 0.3) is 0 Å². The molecule has 1 amide bonds. The van der Waals surface area contributed by atoms with Gasteiger partial charge in [0.05, 0.1) is 6.42 Å². The molecular weight excluding hydrogens is 240 g/mol. The number of carbonyl (C=O) groups excluding carboxylic acids is 1. The van der Waals surface area contributed by atoms with E-state index in [2.05, 4.69) is 4.98 Å². The van der Waals surface area contributed by atoms with Crippen LogP contribution in [-0.2, 0) is 20.8 Å². The van der Waals surface area contributed by atoms with Gasteiger partial charge in [-0.05, 0) is 11.6 Å². The fraction of sp³-hybridized carbons (Fsp3) is 0.273. The van der Waals surface area contributed by atoms with Gasteiger partial charge in [-0.15, -0.1) is 0 Å². The summed E-state index contributed by atoms with van der Waals surface area (Å²) in [5, 5.41) is 17.2. The number of pyridine rings is 1. The summed E-state index contributed by atoms with van der Waals surface area (Å²) in [6.07, 6.45) is 2.94. The van der Waals surface area contributed by atoms with Crippen LogP contribution in [0.3, 0.4) is 0 Å². The Hall–Kier alpha value is -2.44. The molecule has 0 atom stereocenters. The first kappa shape index (κ1) is 13.6. The van der Waals surface area contributed by atoms with Crippen LogP contribution in [0.4, 0.5) is 0 Å². The Morgan fingerprint density at radius 1 is 1.17 bits per heavy atom. The van der Waals surface area contributed by atoms with Gasteiger partial charge < -0.3 is 15.1 Å². The van der Waals surface area contributed by atoms with Gasteiger partial charge in [-0.25, -0.2) is 0 Å². The van der Waals surface area contributed by atoms with Crippen LogP contribution >= 0.6 is 0 Å². The molecule has 0 aromatic carbocycles. The van der Waals surface area contributed by atoms with E-state index in [4.69, 9.17) is 10.2 Å². The van der Waals surface area contributed by atoms with E-state index < -0.39 is 30.9 Å². The Morgan fingerprint density at radius 3 is 2.22 bits per heavy atom. The predicted molar refractivity (Wildman–Crippen MR) is 59.8 cm³/mol. The van der Waals surface area contributed by atoms with Crippen LogP contribution in [0.15, 0.2) is 24.5 Å². The summed E-state index contributed by atoms with van der Waals surface area (Å²) in [5.74, 6) is -3.07. The number of aliphatic carboxylic acids is 2. The van der Waals surface area contributed by atoms with Gasteiger partial charge in [-0.3, -0.25) is 19.4 Å². The van der Waals surface area contributed by atoms with Crippen molar-refractivity contribution in [1.29, 1.82) is 0 Å². The van der Waals surface area contributed by atoms with E-state index in [0.717, 1.165) is 4.90 Å². The lowest BCUT2D eigenvalue weighted by molar-refractivity contribution is -0.149. The van der Waals surface area contributed by atoms with Crippen molar-refractivity contribution in [3.05, 3.63) is 30.1 Å². The van der Waals surface area contributed by atoms with Gasteiger partial charge in [0.15, 0.2) is 0 Å². The van der Waals surface area contributed by atoms with Crippen molar-refractivity contribution in [2.24, 2.45) is 0 Å². The minimum atomic E-state index is -1.25. The number of rotatable bonds is 6. The third kappa shape index (κ3) is 4.60. The average Bonchev–Trinajstić information content (AvgIpc) is 2.28. The molecule has 0 radical (unpaired) electrons. The molecule has 1 aromatic rings. The van der Waals surface area contributed by atoms with Crippen LogP contribution in [-0.4, -0.2) is 51.0 Å². The van der Waals surface area contributed by atoms with E-state index in [0.29, 0.717) is 5.56 Å². The molecule has 0 bridgehead atoms. The first-order chi connectivity index (χ1) is 8.49. The van der Waals surface area contributed by atoms with Gasteiger partial charge in [0, 0.05) is 12.4 Å². The summed E-state index contributed by atoms with van der Waals surface area (Å²) in [6.45, 7) is -1.27. The summed E-state index contributed by atoms with van der Waals surface area (Å²) in [5.41, 5.74) is 0.600. The lowest BCUT2D eigenvalue weighted by Crippen LogP contribution is -2.40. The minimum absolute atomic E-state index is 0.0750. The van der Waals surface area contributed by atoms with Gasteiger partial charge in [0.25, 0.3) is 0 Å². The Kier molecular flexibility index (Phi) is 4.79. The molecule has 1 aromatic heterocycles. The Bertz CT molecular complexity index is 430. The number of carboxylic acid groups (broad SMARTS) is 2. The van der Waals surface area contributed by atoms with E-state index >= 15 is 0 Å². The predicted octanol–water partition coefficient (Wildman–Crippen LogP) is -0.378. The minimum Gasteiger partial charge on any atom is -0.480 e. The van der Waals surface area contributed by atoms with E-state index in [1.165, 1.54) is 6.20 Å². The standard InChI is InChI=1S/C11H12N2O5/c14-9(4-8-2-1-3-12-5-8)13(6-10(15)16)7-11(17)18/h1-3,5H,4,6-7H2,(H,15,16)(H,17,18). The molecule has 0 aliphatic rings. The molecule has 0 aliphatic heterocycles. The fourth-order valence-electron chi connectivity index (χ4n) is 1.35. The van der Waals surface area contributed by atoms with E-state index in [-0.39, 0.29) is 6.42 Å². The molecule has 0 spiro atoms. The van der Waals surface area contributed by atoms with E-state index in [9.17, 15) is 14.4 Å². The highest BCUT2D eigenvalue weighted by atomic mass is 16.4. The second-order valence-corrected chi connectivity index (χ2v) is 3.58. The number of carboxylic acids is 2. The maximum Gasteiger partial charge on any atom is 0.323 e. The molecule has 0 fully saturated rings. The smallest absolute Gasteiger partial charge is 0.323 e. The molecular formula is C11H12N2O5. The van der Waals surface area contributed by atoms with Crippen molar-refractivity contribution in [3.8, 4) is 0 Å². The maximum absolute atomic E-state index is 11.8. The highest BCUT2D eigenvalue weighted by molar-refractivity contribution is 5.86. The lowest BCUT2D eigenvalue weighted by Gasteiger charge is -2.18. The number of nitrogens with zero attached hydrogens (tertiary/aromatic N) is 2. The van der Waals surface area contributed by atoms with Crippen LogP contribution in [0.2, 0.25) is 0 Å². The molecule has 0 saturated heterocycles. The highest BCUT2D eigenvalue weighted by Crippen LogP contribution is 2.01. The molecule has 7 heteroatoms. The molecule has 1 rings (SSSR count). The monoisotopic (exact) mass is 252 g/mol. The van der Waals surface area contributed by atoms with Gasteiger partial charge in [-0.1, -0.05) is 6.07 Å². The molecule has 0 aliphatic carbocycles. The first-order valence-corrected chi connectivity index (χ1v) is 5.09. The molecule has 2 N–H and O–H groups in total. The molecule has 0 unspecified atom stereocenters. The lowest BCUT2D eigenvalue weighted by atomic mass is 10.2. The quantitative estimate of drug-likeness (QED) is 0.714. The second kappa shape index (κ2) is 6.33. The fourth-order valence-corrected chi connectivity index (χ4v) is 1.35. The molecule has 7 nitrogen and oxygen atoms in total. The Morgan fingerprint density at radius 2 is 1.78 bits per heavy atom. The van der Waals surface area contributed by atoms with Crippen molar-refractivity contribution in [2.45, 2.75) is 6.42 Å². The largest absolute Gasteiger partial charge is 0.480 e. The van der Waals surface area contributed by atoms with Crippen molar-refractivity contribution >= 4 is 17.8 Å². The van der Waals surface area contributed by atoms with Crippen molar-refractivity contribution in [1.82, 2.24) is 9.88 Å². The normalized spacial score (nSPS) is 9.78. The molecule has 0 saturated carbocycles. The SMILES string of the molecule is O=C(O)CN(CC(=O)O)C(=O)Cc1cccnc1. The van der Waals surface area contributed by atoms with Crippen LogP contribution in [0.5, 0.6) is 0 Å². The molecule has 96 valence electrons. The van der Waals surface area contributed by atoms with Crippen molar-refractivity contribution in [2.75, 3.05) is 13.1 Å². The molecule has 1 heterocycles. The van der Waals surface area contributed by atoms with E-state index in [1.54, 1.807) is 18.3 Å². The summed E-state index contributed by atoms with van der Waals surface area (Å²) in [7, 11) is 0. The maximum atomic E-state index is 11.8. The highest BCUT2D eigenvalue weighted by Gasteiger charge is 2.19. The van der Waals surface area contributed by atoms with Gasteiger partial charge in [0.2, 0.25) is 5.91 Å². The first-order valence-electron chi connectivity index (χ1n) is 5.09. The zero-order valence-electron chi connectivity index (χ0n) is 9.44. The number of carbonyl (C=O) groups is 3. The summed E-state index contributed by atoms with van der Waals surface area (Å²) < 4.78 is 0. The Labute approximate surface area is 103 Å². The van der Waals surface area contributed by atoms with Crippen molar-refractivity contribution in [3.63, 3.8) is 0 Å². The number of amides is 1. The van der Waals surface area contributed by atoms with Gasteiger partial charge in [0.1, 0.15) is 13.1 Å². The van der Waals surface area contributed by atoms with Crippen molar-refractivity contribution < 1.29 is 24.6 Å². The van der Waals surface area contributed by atoms with Gasteiger partial charge >= 0.3 is 11.9 Å². The number of hydrogen-bond acceptors (Lipinski definition) is 4. The van der Waals surface area contributed by atoms with Crippen LogP contribution in [0.1, 0.15) is 5.56 Å². The number of hydrogen-bond donors (Lipinski definition) is 2. The Balaban J connectivity index is 2.69. The third-order valence-electron chi connectivity index (χ3n) is 2.08. The average molecular weight is 252 g/mol. The van der Waals surface area contributed by atoms with E-state index in [1.807, 2.05) is 0 Å². The summed E-state index contributed by atoms with van der Waals surface area (Å²) in [6, 6.07) is 3.30. The molecule has 18 heavy (non-hydrogen) atoms. The van der Waals surface area contributed by atoms with Crippen LogP contribution in [0, 0.1) is 0 Å². The summed E-state index contributed by atoms with van der Waals surface area (Å²) in [4.78, 5) is 37.4.